The molecule has 4 heteroatoms. The second-order valence-electron chi connectivity index (χ2n) is 4.02. The van der Waals surface area contributed by atoms with Crippen molar-refractivity contribution in [1.29, 1.82) is 0 Å². The average molecular weight is 235 g/mol. The Kier molecular flexibility index (Phi) is 2.14. The van der Waals surface area contributed by atoms with Crippen LogP contribution in [0.25, 0.3) is 0 Å². The topological polar surface area (TPSA) is 24.8 Å². The van der Waals surface area contributed by atoms with Gasteiger partial charge in [0.05, 0.1) is 12.0 Å². The summed E-state index contributed by atoms with van der Waals surface area (Å²) in [4.78, 5) is 0. The zero-order chi connectivity index (χ0) is 11.1. The first kappa shape index (κ1) is 9.73. The molecule has 0 amide bonds. The molecule has 0 saturated carbocycles. The second kappa shape index (κ2) is 3.52. The summed E-state index contributed by atoms with van der Waals surface area (Å²) in [6.07, 6.45) is 2.65. The van der Waals surface area contributed by atoms with Crippen molar-refractivity contribution in [2.45, 2.75) is 6.42 Å². The maximum Gasteiger partial charge on any atom is 0.175 e. The third kappa shape index (κ3) is 1.48. The third-order valence-electron chi connectivity index (χ3n) is 2.77. The second-order valence-corrected chi connectivity index (χ2v) is 4.46. The van der Waals surface area contributed by atoms with Crippen LogP contribution in [0.5, 0.6) is 0 Å². The number of nitrogens with zero attached hydrogens (tertiary/aromatic N) is 2. The molecule has 2 aliphatic rings. The Morgan fingerprint density at radius 2 is 2.31 bits per heavy atom. The lowest BCUT2D eigenvalue weighted by Gasteiger charge is -2.10. The van der Waals surface area contributed by atoms with Gasteiger partial charge >= 0.3 is 0 Å². The van der Waals surface area contributed by atoms with Gasteiger partial charge in [0.25, 0.3) is 0 Å². The first-order valence-electron chi connectivity index (χ1n) is 5.13. The first-order chi connectivity index (χ1) is 7.74. The minimum atomic E-state index is 0.496. The van der Waals surface area contributed by atoms with Crippen LogP contribution < -0.4 is 0 Å². The van der Waals surface area contributed by atoms with Gasteiger partial charge in [0.1, 0.15) is 0 Å². The molecule has 3 rings (SSSR count). The molecule has 0 N–H and O–H groups in total. The van der Waals surface area contributed by atoms with E-state index in [1.165, 1.54) is 5.56 Å². The van der Waals surface area contributed by atoms with E-state index in [1.54, 1.807) is 11.3 Å². The van der Waals surface area contributed by atoms with Gasteiger partial charge in [0.15, 0.2) is 6.73 Å². The van der Waals surface area contributed by atoms with Crippen LogP contribution in [-0.4, -0.2) is 24.5 Å². The van der Waals surface area contributed by atoms with Crippen LogP contribution in [-0.2, 0) is 11.2 Å². The van der Waals surface area contributed by atoms with Crippen molar-refractivity contribution < 1.29 is 4.74 Å². The molecule has 0 aromatic heterocycles. The predicted octanol–water partition coefficient (Wildman–Crippen LogP) is 2.40. The quantitative estimate of drug-likeness (QED) is 0.689. The summed E-state index contributed by atoms with van der Waals surface area (Å²) in [6.45, 7) is 0.496. The molecule has 1 aliphatic heterocycles. The number of halogens is 1. The highest BCUT2D eigenvalue weighted by Gasteiger charge is 2.25. The van der Waals surface area contributed by atoms with E-state index in [9.17, 15) is 0 Å². The molecule has 0 unspecified atom stereocenters. The molecule has 0 radical (unpaired) electrons. The predicted molar refractivity (Wildman–Crippen MR) is 63.5 cm³/mol. The molecule has 82 valence electrons. The van der Waals surface area contributed by atoms with Crippen molar-refractivity contribution in [3.8, 4) is 0 Å². The Labute approximate surface area is 99.0 Å². The summed E-state index contributed by atoms with van der Waals surface area (Å²) in [5, 5.41) is 7.09. The van der Waals surface area contributed by atoms with Gasteiger partial charge in [-0.1, -0.05) is 17.7 Å². The molecule has 0 saturated heterocycles. The molecule has 1 heterocycles. The van der Waals surface area contributed by atoms with Gasteiger partial charge in [-0.2, -0.15) is 5.10 Å². The zero-order valence-corrected chi connectivity index (χ0v) is 9.66. The zero-order valence-electron chi connectivity index (χ0n) is 8.90. The number of hydrazone groups is 1. The molecule has 0 bridgehead atoms. The molecular formula is C12H11ClN2O. The monoisotopic (exact) mass is 234 g/mol. The van der Waals surface area contributed by atoms with Crippen molar-refractivity contribution in [2.24, 2.45) is 5.10 Å². The molecule has 16 heavy (non-hydrogen) atoms. The normalized spacial score (nSPS) is 18.0. The van der Waals surface area contributed by atoms with E-state index < -0.39 is 0 Å². The van der Waals surface area contributed by atoms with E-state index in [0.29, 0.717) is 6.73 Å². The molecular weight excluding hydrogens is 224 g/mol. The maximum atomic E-state index is 5.98. The van der Waals surface area contributed by atoms with E-state index in [0.717, 1.165) is 28.3 Å². The Hall–Kier alpha value is -1.48. The van der Waals surface area contributed by atoms with E-state index in [4.69, 9.17) is 16.3 Å². The van der Waals surface area contributed by atoms with E-state index >= 15 is 0 Å². The largest absolute Gasteiger partial charge is 0.479 e. The lowest BCUT2D eigenvalue weighted by atomic mass is 10.1. The highest BCUT2D eigenvalue weighted by Crippen LogP contribution is 2.30. The van der Waals surface area contributed by atoms with Gasteiger partial charge in [-0.15, -0.1) is 0 Å². The smallest absolute Gasteiger partial charge is 0.175 e. The number of ether oxygens (including phenoxy) is 1. The average Bonchev–Trinajstić information content (AvgIpc) is 2.45. The van der Waals surface area contributed by atoms with Crippen LogP contribution in [0.15, 0.2) is 35.1 Å². The molecule has 1 aromatic rings. The Morgan fingerprint density at radius 1 is 1.44 bits per heavy atom. The highest BCUT2D eigenvalue weighted by molar-refractivity contribution is 6.31. The lowest BCUT2D eigenvalue weighted by Crippen LogP contribution is -2.14. The van der Waals surface area contributed by atoms with Crippen LogP contribution >= 0.6 is 11.6 Å². The van der Waals surface area contributed by atoms with Crippen molar-refractivity contribution in [2.75, 3.05) is 13.8 Å². The summed E-state index contributed by atoms with van der Waals surface area (Å²) < 4.78 is 5.40. The van der Waals surface area contributed by atoms with Gasteiger partial charge in [-0.25, -0.2) is 0 Å². The van der Waals surface area contributed by atoms with Crippen molar-refractivity contribution in [3.63, 3.8) is 0 Å². The van der Waals surface area contributed by atoms with Crippen molar-refractivity contribution in [1.82, 2.24) is 5.01 Å². The fraction of sp³-hybridized carbons (Fsp3) is 0.250. The van der Waals surface area contributed by atoms with Gasteiger partial charge in [0, 0.05) is 29.6 Å². The minimum absolute atomic E-state index is 0.496. The number of hydrogen-bond donors (Lipinski definition) is 0. The molecule has 0 spiro atoms. The summed E-state index contributed by atoms with van der Waals surface area (Å²) in [5.41, 5.74) is 4.51. The number of benzene rings is 1. The van der Waals surface area contributed by atoms with Crippen LogP contribution in [0.4, 0.5) is 0 Å². The van der Waals surface area contributed by atoms with Gasteiger partial charge in [-0.05, 0) is 17.7 Å². The summed E-state index contributed by atoms with van der Waals surface area (Å²) in [5.74, 6) is 0. The van der Waals surface area contributed by atoms with Gasteiger partial charge < -0.3 is 4.74 Å². The first-order valence-corrected chi connectivity index (χ1v) is 5.51. The maximum absolute atomic E-state index is 5.98. The molecule has 1 aliphatic carbocycles. The van der Waals surface area contributed by atoms with Gasteiger partial charge in [-0.3, -0.25) is 5.01 Å². The number of fused-ring (bicyclic) bond motifs is 3. The highest BCUT2D eigenvalue weighted by atomic mass is 35.5. The summed E-state index contributed by atoms with van der Waals surface area (Å²) in [6, 6.07) is 5.92. The van der Waals surface area contributed by atoms with Crippen LogP contribution in [0, 0.1) is 0 Å². The van der Waals surface area contributed by atoms with Crippen LogP contribution in [0.3, 0.4) is 0 Å². The fourth-order valence-electron chi connectivity index (χ4n) is 2.06. The van der Waals surface area contributed by atoms with Crippen LogP contribution in [0.1, 0.15) is 11.1 Å². The lowest BCUT2D eigenvalue weighted by molar-refractivity contribution is 0.118. The molecule has 0 atom stereocenters. The number of allylic oxidation sites excluding steroid dienone is 1. The summed E-state index contributed by atoms with van der Waals surface area (Å²) >= 11 is 5.98. The van der Waals surface area contributed by atoms with Crippen LogP contribution in [0.2, 0.25) is 5.02 Å². The minimum Gasteiger partial charge on any atom is -0.479 e. The SMILES string of the molecule is CN1COC=C2Cc3cc(Cl)ccc3C2=N1. The van der Waals surface area contributed by atoms with E-state index in [-0.39, 0.29) is 0 Å². The molecule has 0 fully saturated rings. The Bertz CT molecular complexity index is 508. The number of rotatable bonds is 0. The Balaban J connectivity index is 2.15. The number of hydrogen-bond acceptors (Lipinski definition) is 3. The Morgan fingerprint density at radius 3 is 3.19 bits per heavy atom. The molecule has 3 nitrogen and oxygen atoms in total. The summed E-state index contributed by atoms with van der Waals surface area (Å²) in [7, 11) is 1.90. The van der Waals surface area contributed by atoms with E-state index in [2.05, 4.69) is 5.10 Å². The fourth-order valence-corrected chi connectivity index (χ4v) is 2.26. The van der Waals surface area contributed by atoms with E-state index in [1.807, 2.05) is 25.2 Å². The molecule has 1 aromatic carbocycles. The van der Waals surface area contributed by atoms with Crippen molar-refractivity contribution >= 4 is 17.3 Å². The third-order valence-corrected chi connectivity index (χ3v) is 3.00. The van der Waals surface area contributed by atoms with Gasteiger partial charge in [0.2, 0.25) is 0 Å². The van der Waals surface area contributed by atoms with Crippen molar-refractivity contribution in [3.05, 3.63) is 46.2 Å². The standard InChI is InChI=1S/C12H11ClN2O/c1-15-7-16-6-9-4-8-5-10(13)2-3-11(8)12(9)14-15/h2-3,5-6H,4,7H2,1H3.